The van der Waals surface area contributed by atoms with Gasteiger partial charge in [-0.1, -0.05) is 51.1 Å². The maximum atomic E-state index is 10.8. The first-order valence-corrected chi connectivity index (χ1v) is 7.74. The number of aliphatic hydroxyl groups is 1. The number of aliphatic hydroxyl groups excluding tert-OH is 1. The van der Waals surface area contributed by atoms with Crippen molar-refractivity contribution >= 4 is 0 Å². The molecule has 0 aliphatic carbocycles. The Hall–Kier alpha value is -1.61. The summed E-state index contributed by atoms with van der Waals surface area (Å²) in [6.45, 7) is 10.6. The van der Waals surface area contributed by atoms with Gasteiger partial charge in [0.2, 0.25) is 0 Å². The van der Waals surface area contributed by atoms with E-state index in [0.717, 1.165) is 17.7 Å². The van der Waals surface area contributed by atoms with Gasteiger partial charge >= 0.3 is 0 Å². The Kier molecular flexibility index (Phi) is 4.84. The molecule has 0 fully saturated rings. The molecule has 3 heteroatoms. The highest BCUT2D eigenvalue weighted by Gasteiger charge is 2.28. The summed E-state index contributed by atoms with van der Waals surface area (Å²) in [5.41, 5.74) is 4.48. The van der Waals surface area contributed by atoms with E-state index in [0.29, 0.717) is 5.92 Å². The zero-order chi connectivity index (χ0) is 15.6. The molecule has 21 heavy (non-hydrogen) atoms. The van der Waals surface area contributed by atoms with Crippen LogP contribution in [0.15, 0.2) is 30.3 Å². The van der Waals surface area contributed by atoms with Crippen molar-refractivity contribution in [1.82, 2.24) is 9.78 Å². The Morgan fingerprint density at radius 2 is 1.76 bits per heavy atom. The topological polar surface area (TPSA) is 38.0 Å². The van der Waals surface area contributed by atoms with Gasteiger partial charge in [-0.15, -0.1) is 0 Å². The van der Waals surface area contributed by atoms with E-state index in [4.69, 9.17) is 5.10 Å². The molecule has 1 aromatic carbocycles. The highest BCUT2D eigenvalue weighted by Crippen LogP contribution is 2.34. The van der Waals surface area contributed by atoms with Gasteiger partial charge < -0.3 is 5.11 Å². The van der Waals surface area contributed by atoms with Crippen LogP contribution in [0.2, 0.25) is 0 Å². The van der Waals surface area contributed by atoms with Crippen LogP contribution in [0, 0.1) is 19.8 Å². The zero-order valence-corrected chi connectivity index (χ0v) is 13.7. The van der Waals surface area contributed by atoms with Crippen LogP contribution in [0.3, 0.4) is 0 Å². The summed E-state index contributed by atoms with van der Waals surface area (Å²) in [6, 6.07) is 9.81. The predicted molar refractivity (Wildman–Crippen MR) is 86.4 cm³/mol. The lowest BCUT2D eigenvalue weighted by Gasteiger charge is -2.28. The third-order valence-corrected chi connectivity index (χ3v) is 4.26. The van der Waals surface area contributed by atoms with Crippen LogP contribution in [0.5, 0.6) is 0 Å². The van der Waals surface area contributed by atoms with Gasteiger partial charge in [-0.25, -0.2) is 0 Å². The Balaban J connectivity index is 2.45. The summed E-state index contributed by atoms with van der Waals surface area (Å²) < 4.78 is 2.02. The first-order chi connectivity index (χ1) is 9.97. The summed E-state index contributed by atoms with van der Waals surface area (Å²) in [7, 11) is 0. The number of rotatable bonds is 5. The van der Waals surface area contributed by atoms with E-state index in [-0.39, 0.29) is 6.04 Å². The third kappa shape index (κ3) is 3.03. The Labute approximate surface area is 127 Å². The summed E-state index contributed by atoms with van der Waals surface area (Å²) in [6.07, 6.45) is 0.429. The van der Waals surface area contributed by atoms with Crippen molar-refractivity contribution in [3.8, 4) is 0 Å². The van der Waals surface area contributed by atoms with Crippen molar-refractivity contribution in [2.24, 2.45) is 5.92 Å². The molecule has 3 nitrogen and oxygen atoms in total. The van der Waals surface area contributed by atoms with Gasteiger partial charge in [0.05, 0.1) is 11.7 Å². The van der Waals surface area contributed by atoms with Crippen LogP contribution < -0.4 is 0 Å². The molecule has 1 heterocycles. The Morgan fingerprint density at radius 1 is 1.14 bits per heavy atom. The van der Waals surface area contributed by atoms with Gasteiger partial charge in [0.25, 0.3) is 0 Å². The molecule has 0 amide bonds. The highest BCUT2D eigenvalue weighted by atomic mass is 16.3. The van der Waals surface area contributed by atoms with Crippen LogP contribution in [0.4, 0.5) is 0 Å². The number of aromatic nitrogens is 2. The van der Waals surface area contributed by atoms with Gasteiger partial charge in [0.15, 0.2) is 0 Å². The average molecular weight is 286 g/mol. The van der Waals surface area contributed by atoms with E-state index in [1.807, 2.05) is 35.0 Å². The first-order valence-electron chi connectivity index (χ1n) is 7.74. The van der Waals surface area contributed by atoms with Crippen molar-refractivity contribution in [2.45, 2.75) is 53.2 Å². The van der Waals surface area contributed by atoms with Gasteiger partial charge in [0.1, 0.15) is 6.10 Å². The fourth-order valence-corrected chi connectivity index (χ4v) is 3.13. The summed E-state index contributed by atoms with van der Waals surface area (Å²) >= 11 is 0. The van der Waals surface area contributed by atoms with Crippen molar-refractivity contribution in [3.05, 3.63) is 52.8 Å². The molecule has 1 aromatic heterocycles. The van der Waals surface area contributed by atoms with E-state index >= 15 is 0 Å². The second kappa shape index (κ2) is 6.44. The van der Waals surface area contributed by atoms with E-state index in [1.54, 1.807) is 0 Å². The molecule has 2 atom stereocenters. The lowest BCUT2D eigenvalue weighted by atomic mass is 9.93. The van der Waals surface area contributed by atoms with Gasteiger partial charge in [-0.05, 0) is 37.3 Å². The molecule has 0 spiro atoms. The maximum absolute atomic E-state index is 10.8. The number of aryl methyl sites for hydroxylation is 1. The standard InChI is InChI=1S/C18H26N2O/c1-6-16-13(4)19-20(14(16)5)17(12(2)3)18(21)15-10-8-7-9-11-15/h7-12,17-18,21H,6H2,1-5H3. The molecule has 114 valence electrons. The number of hydrogen-bond acceptors (Lipinski definition) is 2. The molecule has 0 radical (unpaired) electrons. The minimum absolute atomic E-state index is 0.0496. The highest BCUT2D eigenvalue weighted by molar-refractivity contribution is 5.26. The second-order valence-corrected chi connectivity index (χ2v) is 6.04. The van der Waals surface area contributed by atoms with Gasteiger partial charge in [-0.2, -0.15) is 5.10 Å². The third-order valence-electron chi connectivity index (χ3n) is 4.26. The fraction of sp³-hybridized carbons (Fsp3) is 0.500. The van der Waals surface area contributed by atoms with Crippen LogP contribution in [0.25, 0.3) is 0 Å². The average Bonchev–Trinajstić information content (AvgIpc) is 2.74. The van der Waals surface area contributed by atoms with Crippen molar-refractivity contribution in [3.63, 3.8) is 0 Å². The zero-order valence-electron chi connectivity index (χ0n) is 13.7. The lowest BCUT2D eigenvalue weighted by Crippen LogP contribution is -2.25. The summed E-state index contributed by atoms with van der Waals surface area (Å²) in [4.78, 5) is 0. The molecular formula is C18H26N2O. The SMILES string of the molecule is CCc1c(C)nn(C(C(C)C)C(O)c2ccccc2)c1C. The molecule has 0 aliphatic rings. The molecule has 0 bridgehead atoms. The summed E-state index contributed by atoms with van der Waals surface area (Å²) in [5.74, 6) is 0.294. The first kappa shape index (κ1) is 15.8. The normalized spacial score (nSPS) is 14.4. The van der Waals surface area contributed by atoms with Crippen LogP contribution in [-0.4, -0.2) is 14.9 Å². The molecule has 0 saturated heterocycles. The van der Waals surface area contributed by atoms with E-state index in [1.165, 1.54) is 11.3 Å². The van der Waals surface area contributed by atoms with Gasteiger partial charge in [0, 0.05) is 5.69 Å². The lowest BCUT2D eigenvalue weighted by molar-refractivity contribution is 0.0786. The maximum Gasteiger partial charge on any atom is 0.102 e. The van der Waals surface area contributed by atoms with Crippen LogP contribution in [0.1, 0.15) is 55.4 Å². The number of hydrogen-bond donors (Lipinski definition) is 1. The van der Waals surface area contributed by atoms with Crippen LogP contribution >= 0.6 is 0 Å². The van der Waals surface area contributed by atoms with E-state index < -0.39 is 6.10 Å². The molecule has 2 unspecified atom stereocenters. The van der Waals surface area contributed by atoms with Crippen LogP contribution in [-0.2, 0) is 6.42 Å². The minimum Gasteiger partial charge on any atom is -0.386 e. The van der Waals surface area contributed by atoms with Crippen molar-refractivity contribution < 1.29 is 5.11 Å². The predicted octanol–water partition coefficient (Wildman–Crippen LogP) is 3.99. The van der Waals surface area contributed by atoms with Crippen molar-refractivity contribution in [1.29, 1.82) is 0 Å². The smallest absolute Gasteiger partial charge is 0.102 e. The minimum atomic E-state index is -0.547. The second-order valence-electron chi connectivity index (χ2n) is 6.04. The molecule has 0 saturated carbocycles. The number of benzene rings is 1. The summed E-state index contributed by atoms with van der Waals surface area (Å²) in [5, 5.41) is 15.5. The molecule has 1 N–H and O–H groups in total. The van der Waals surface area contributed by atoms with Crippen molar-refractivity contribution in [2.75, 3.05) is 0 Å². The molecule has 2 rings (SSSR count). The van der Waals surface area contributed by atoms with Gasteiger partial charge in [-0.3, -0.25) is 4.68 Å². The quantitative estimate of drug-likeness (QED) is 0.902. The van der Waals surface area contributed by atoms with E-state index in [2.05, 4.69) is 34.6 Å². The molecular weight excluding hydrogens is 260 g/mol. The Bertz CT molecular complexity index is 587. The van der Waals surface area contributed by atoms with E-state index in [9.17, 15) is 5.11 Å². The Morgan fingerprint density at radius 3 is 2.24 bits per heavy atom. The number of nitrogens with zero attached hydrogens (tertiary/aromatic N) is 2. The fourth-order valence-electron chi connectivity index (χ4n) is 3.13. The molecule has 0 aliphatic heterocycles. The largest absolute Gasteiger partial charge is 0.386 e. The monoisotopic (exact) mass is 286 g/mol. The molecule has 2 aromatic rings.